The number of nitro benzene ring substituents is 2. The van der Waals surface area contributed by atoms with Gasteiger partial charge in [-0.15, -0.1) is 0 Å². The second-order valence-electron chi connectivity index (χ2n) is 7.33. The van der Waals surface area contributed by atoms with Crippen molar-refractivity contribution in [2.24, 2.45) is 5.41 Å². The van der Waals surface area contributed by atoms with Gasteiger partial charge in [0.2, 0.25) is 0 Å². The number of hydrogen-bond acceptors (Lipinski definition) is 5. The third-order valence-corrected chi connectivity index (χ3v) is 3.01. The third kappa shape index (κ3) is 5.65. The minimum absolute atomic E-state index is 0.0362. The molecule has 0 heterocycles. The monoisotopic (exact) mass is 323 g/mol. The number of carbonyl (C=O) groups is 1. The minimum atomic E-state index is -0.760. The van der Waals surface area contributed by atoms with E-state index in [9.17, 15) is 25.0 Å². The Morgan fingerprint density at radius 1 is 1.00 bits per heavy atom. The Kier molecular flexibility index (Phi) is 5.09. The predicted molar refractivity (Wildman–Crippen MR) is 85.4 cm³/mol. The number of hydrogen-bond donors (Lipinski definition) is 1. The zero-order valence-electron chi connectivity index (χ0n) is 13.9. The molecule has 0 aliphatic carbocycles. The highest BCUT2D eigenvalue weighted by Crippen LogP contribution is 2.28. The van der Waals surface area contributed by atoms with Gasteiger partial charge >= 0.3 is 0 Å². The Balaban J connectivity index is 3.12. The van der Waals surface area contributed by atoms with Gasteiger partial charge in [0, 0.05) is 17.7 Å². The molecule has 0 atom stereocenters. The van der Waals surface area contributed by atoms with Crippen molar-refractivity contribution in [1.29, 1.82) is 0 Å². The molecule has 1 N–H and O–H groups in total. The standard InChI is InChI=1S/C15H21N3O5/c1-14(2,3)9-15(4,5)16-13(19)10-6-11(17(20)21)8-12(7-10)18(22)23/h6-8H,9H2,1-5H3,(H,16,19). The van der Waals surface area contributed by atoms with Gasteiger partial charge in [-0.05, 0) is 25.7 Å². The lowest BCUT2D eigenvalue weighted by Crippen LogP contribution is -2.45. The van der Waals surface area contributed by atoms with Crippen LogP contribution >= 0.6 is 0 Å². The van der Waals surface area contributed by atoms with Crippen molar-refractivity contribution in [3.05, 3.63) is 44.0 Å². The molecule has 0 spiro atoms. The third-order valence-electron chi connectivity index (χ3n) is 3.01. The van der Waals surface area contributed by atoms with Crippen LogP contribution in [0.4, 0.5) is 11.4 Å². The van der Waals surface area contributed by atoms with Crippen LogP contribution in [-0.4, -0.2) is 21.3 Å². The van der Waals surface area contributed by atoms with Gasteiger partial charge in [-0.2, -0.15) is 0 Å². The first-order valence-corrected chi connectivity index (χ1v) is 7.07. The first-order valence-electron chi connectivity index (χ1n) is 7.07. The summed E-state index contributed by atoms with van der Waals surface area (Å²) in [5.74, 6) is -0.578. The first-order chi connectivity index (χ1) is 10.3. The highest BCUT2D eigenvalue weighted by molar-refractivity contribution is 5.96. The Hall–Kier alpha value is -2.51. The number of nitrogens with zero attached hydrogens (tertiary/aromatic N) is 2. The van der Waals surface area contributed by atoms with E-state index in [0.29, 0.717) is 6.42 Å². The van der Waals surface area contributed by atoms with Crippen molar-refractivity contribution in [2.75, 3.05) is 0 Å². The van der Waals surface area contributed by atoms with Crippen molar-refractivity contribution in [3.8, 4) is 0 Å². The van der Waals surface area contributed by atoms with E-state index in [-0.39, 0.29) is 11.0 Å². The van der Waals surface area contributed by atoms with E-state index in [2.05, 4.69) is 5.32 Å². The van der Waals surface area contributed by atoms with E-state index in [4.69, 9.17) is 0 Å². The molecule has 8 heteroatoms. The maximum Gasteiger partial charge on any atom is 0.277 e. The van der Waals surface area contributed by atoms with E-state index in [0.717, 1.165) is 18.2 Å². The molecule has 0 saturated carbocycles. The fraction of sp³-hybridized carbons (Fsp3) is 0.533. The molecule has 126 valence electrons. The number of nitrogens with one attached hydrogen (secondary N) is 1. The second kappa shape index (κ2) is 6.31. The fourth-order valence-electron chi connectivity index (χ4n) is 2.69. The van der Waals surface area contributed by atoms with Crippen LogP contribution in [0, 0.1) is 25.6 Å². The summed E-state index contributed by atoms with van der Waals surface area (Å²) in [6.45, 7) is 9.75. The zero-order valence-corrected chi connectivity index (χ0v) is 13.9. The van der Waals surface area contributed by atoms with E-state index in [1.165, 1.54) is 0 Å². The van der Waals surface area contributed by atoms with Gasteiger partial charge in [-0.1, -0.05) is 20.8 Å². The highest BCUT2D eigenvalue weighted by Gasteiger charge is 2.28. The second-order valence-corrected chi connectivity index (χ2v) is 7.33. The van der Waals surface area contributed by atoms with Crippen molar-refractivity contribution >= 4 is 17.3 Å². The molecular weight excluding hydrogens is 302 g/mol. The van der Waals surface area contributed by atoms with Crippen molar-refractivity contribution < 1.29 is 14.6 Å². The number of benzene rings is 1. The number of non-ortho nitro benzene ring substituents is 2. The molecule has 1 aromatic carbocycles. The van der Waals surface area contributed by atoms with Gasteiger partial charge in [-0.25, -0.2) is 0 Å². The Bertz CT molecular complexity index is 615. The number of nitro groups is 2. The van der Waals surface area contributed by atoms with E-state index < -0.39 is 32.7 Å². The molecule has 0 aliphatic rings. The summed E-state index contributed by atoms with van der Waals surface area (Å²) in [6.07, 6.45) is 0.669. The predicted octanol–water partition coefficient (Wildman–Crippen LogP) is 3.45. The van der Waals surface area contributed by atoms with Gasteiger partial charge < -0.3 is 5.32 Å². The summed E-state index contributed by atoms with van der Waals surface area (Å²) in [5, 5.41) is 24.5. The number of amides is 1. The molecule has 0 fully saturated rings. The van der Waals surface area contributed by atoms with Crippen LogP contribution in [0.25, 0.3) is 0 Å². The van der Waals surface area contributed by atoms with Gasteiger partial charge in [-0.3, -0.25) is 25.0 Å². The van der Waals surface area contributed by atoms with E-state index in [1.807, 2.05) is 34.6 Å². The van der Waals surface area contributed by atoms with Gasteiger partial charge in [0.05, 0.1) is 21.5 Å². The van der Waals surface area contributed by atoms with Crippen LogP contribution in [0.5, 0.6) is 0 Å². The average Bonchev–Trinajstić information content (AvgIpc) is 2.34. The van der Waals surface area contributed by atoms with Gasteiger partial charge in [0.15, 0.2) is 0 Å². The van der Waals surface area contributed by atoms with Crippen molar-refractivity contribution in [1.82, 2.24) is 5.32 Å². The summed E-state index contributed by atoms with van der Waals surface area (Å²) < 4.78 is 0. The molecule has 0 unspecified atom stereocenters. The molecule has 0 radical (unpaired) electrons. The van der Waals surface area contributed by atoms with Crippen LogP contribution in [0.15, 0.2) is 18.2 Å². The zero-order chi connectivity index (χ0) is 18.0. The van der Waals surface area contributed by atoms with Crippen molar-refractivity contribution in [2.45, 2.75) is 46.6 Å². The minimum Gasteiger partial charge on any atom is -0.347 e. The molecular formula is C15H21N3O5. The summed E-state index contributed by atoms with van der Waals surface area (Å²) in [4.78, 5) is 32.6. The fourth-order valence-corrected chi connectivity index (χ4v) is 2.69. The van der Waals surface area contributed by atoms with E-state index >= 15 is 0 Å². The maximum atomic E-state index is 12.3. The lowest BCUT2D eigenvalue weighted by atomic mass is 9.81. The molecule has 8 nitrogen and oxygen atoms in total. The van der Waals surface area contributed by atoms with Crippen LogP contribution in [-0.2, 0) is 0 Å². The molecule has 1 aromatic rings. The molecule has 1 rings (SSSR count). The lowest BCUT2D eigenvalue weighted by molar-refractivity contribution is -0.394. The lowest BCUT2D eigenvalue weighted by Gasteiger charge is -2.33. The molecule has 23 heavy (non-hydrogen) atoms. The summed E-state index contributed by atoms with van der Waals surface area (Å²) in [6, 6.07) is 2.90. The van der Waals surface area contributed by atoms with Gasteiger partial charge in [0.25, 0.3) is 17.3 Å². The Labute approximate surface area is 134 Å². The molecule has 0 aliphatic heterocycles. The van der Waals surface area contributed by atoms with Gasteiger partial charge in [0.1, 0.15) is 0 Å². The molecule has 1 amide bonds. The molecule has 0 aromatic heterocycles. The summed E-state index contributed by atoms with van der Waals surface area (Å²) >= 11 is 0. The molecule has 0 saturated heterocycles. The maximum absolute atomic E-state index is 12.3. The van der Waals surface area contributed by atoms with E-state index in [1.54, 1.807) is 0 Å². The highest BCUT2D eigenvalue weighted by atomic mass is 16.6. The van der Waals surface area contributed by atoms with Crippen LogP contribution in [0.3, 0.4) is 0 Å². The smallest absolute Gasteiger partial charge is 0.277 e. The van der Waals surface area contributed by atoms with Crippen LogP contribution < -0.4 is 5.32 Å². The van der Waals surface area contributed by atoms with Crippen molar-refractivity contribution in [3.63, 3.8) is 0 Å². The SMILES string of the molecule is CC(C)(C)CC(C)(C)NC(=O)c1cc([N+](=O)[O-])cc([N+](=O)[O-])c1. The largest absolute Gasteiger partial charge is 0.347 e. The molecule has 0 bridgehead atoms. The summed E-state index contributed by atoms with van der Waals surface area (Å²) in [7, 11) is 0. The quantitative estimate of drug-likeness (QED) is 0.658. The Morgan fingerprint density at radius 3 is 1.78 bits per heavy atom. The van der Waals surface area contributed by atoms with Crippen LogP contribution in [0.2, 0.25) is 0 Å². The number of rotatable bonds is 5. The first kappa shape index (κ1) is 18.5. The van der Waals surface area contributed by atoms with Crippen LogP contribution in [0.1, 0.15) is 51.4 Å². The topological polar surface area (TPSA) is 115 Å². The average molecular weight is 323 g/mol. The normalized spacial score (nSPS) is 11.9. The Morgan fingerprint density at radius 2 is 1.43 bits per heavy atom. The summed E-state index contributed by atoms with van der Waals surface area (Å²) in [5.41, 5.74) is -1.68. The number of carbonyl (C=O) groups excluding carboxylic acids is 1.